The Morgan fingerprint density at radius 2 is 2.08 bits per heavy atom. The Balaban J connectivity index is 2.25. The van der Waals surface area contributed by atoms with Crippen LogP contribution < -0.4 is 5.32 Å². The van der Waals surface area contributed by atoms with Crippen molar-refractivity contribution in [1.29, 1.82) is 0 Å². The van der Waals surface area contributed by atoms with Gasteiger partial charge in [-0.3, -0.25) is 4.79 Å². The van der Waals surface area contributed by atoms with Gasteiger partial charge in [0.2, 0.25) is 11.5 Å². The number of nitrogens with zero attached hydrogens (tertiary/aromatic N) is 1. The lowest BCUT2D eigenvalue weighted by Gasteiger charge is -2.24. The van der Waals surface area contributed by atoms with Crippen molar-refractivity contribution in [3.63, 3.8) is 0 Å². The molecule has 0 unspecified atom stereocenters. The van der Waals surface area contributed by atoms with Crippen LogP contribution in [0.25, 0.3) is 0 Å². The highest BCUT2D eigenvalue weighted by molar-refractivity contribution is 6.30. The van der Waals surface area contributed by atoms with Crippen molar-refractivity contribution >= 4 is 17.5 Å². The highest BCUT2D eigenvalue weighted by atomic mass is 35.5. The average molecular weight is 373 g/mol. The Hall–Kier alpha value is -2.28. The zero-order chi connectivity index (χ0) is 18.6. The quantitative estimate of drug-likeness (QED) is 0.753. The summed E-state index contributed by atoms with van der Waals surface area (Å²) >= 11 is 5.48. The first-order valence-electron chi connectivity index (χ1n) is 7.55. The van der Waals surface area contributed by atoms with Crippen molar-refractivity contribution < 1.29 is 23.1 Å². The molecule has 0 aliphatic carbocycles. The van der Waals surface area contributed by atoms with Gasteiger partial charge >= 0.3 is 0 Å². The molecule has 0 radical (unpaired) electrons. The lowest BCUT2D eigenvalue weighted by molar-refractivity contribution is -0.134. The number of amides is 1. The molecule has 1 aromatic heterocycles. The van der Waals surface area contributed by atoms with Crippen molar-refractivity contribution in [2.75, 3.05) is 0 Å². The van der Waals surface area contributed by atoms with Gasteiger partial charge in [0.15, 0.2) is 0 Å². The molecular weight excluding hydrogens is 357 g/mol. The highest BCUT2D eigenvalue weighted by Crippen LogP contribution is 2.36. The van der Waals surface area contributed by atoms with Crippen LogP contribution in [0.1, 0.15) is 30.9 Å². The summed E-state index contributed by atoms with van der Waals surface area (Å²) < 4.78 is 42.4. The number of carbonyl (C=O) groups is 1. The highest BCUT2D eigenvalue weighted by Gasteiger charge is 2.42. The average Bonchev–Trinajstić information content (AvgIpc) is 2.59. The lowest BCUT2D eigenvalue weighted by atomic mass is 9.90. The SMILES string of the molecule is CCC[C@@](F)(C(=O)NCc1ccc(F)c(Cl)c1F)c1cccnc1O. The van der Waals surface area contributed by atoms with Gasteiger partial charge in [0.05, 0.1) is 5.56 Å². The number of hydrogen-bond acceptors (Lipinski definition) is 3. The molecule has 1 aromatic carbocycles. The molecule has 0 fully saturated rings. The summed E-state index contributed by atoms with van der Waals surface area (Å²) in [5.74, 6) is -3.60. The van der Waals surface area contributed by atoms with Gasteiger partial charge in [-0.1, -0.05) is 31.0 Å². The van der Waals surface area contributed by atoms with Gasteiger partial charge in [-0.2, -0.15) is 0 Å². The maximum atomic E-state index is 15.3. The number of halogens is 4. The van der Waals surface area contributed by atoms with Gasteiger partial charge in [0.25, 0.3) is 5.91 Å². The maximum absolute atomic E-state index is 15.3. The number of benzene rings is 1. The van der Waals surface area contributed by atoms with Crippen LogP contribution in [0.5, 0.6) is 5.88 Å². The third-order valence-electron chi connectivity index (χ3n) is 3.72. The normalized spacial score (nSPS) is 13.3. The summed E-state index contributed by atoms with van der Waals surface area (Å²) in [6, 6.07) is 4.71. The van der Waals surface area contributed by atoms with E-state index in [1.807, 2.05) is 0 Å². The Morgan fingerprint density at radius 1 is 1.36 bits per heavy atom. The van der Waals surface area contributed by atoms with E-state index < -0.39 is 34.1 Å². The molecule has 0 saturated carbocycles. The van der Waals surface area contributed by atoms with Gasteiger partial charge in [-0.05, 0) is 24.6 Å². The number of nitrogens with one attached hydrogen (secondary N) is 1. The first-order chi connectivity index (χ1) is 11.8. The third kappa shape index (κ3) is 3.87. The number of hydrogen-bond donors (Lipinski definition) is 2. The number of aromatic nitrogens is 1. The van der Waals surface area contributed by atoms with Gasteiger partial charge in [-0.25, -0.2) is 18.2 Å². The summed E-state index contributed by atoms with van der Waals surface area (Å²) in [4.78, 5) is 16.0. The van der Waals surface area contributed by atoms with Crippen LogP contribution in [0.4, 0.5) is 13.2 Å². The van der Waals surface area contributed by atoms with Crippen molar-refractivity contribution in [2.45, 2.75) is 32.0 Å². The van der Waals surface area contributed by atoms with E-state index in [4.69, 9.17) is 11.6 Å². The standard InChI is InChI=1S/C17H16ClF3N2O2/c1-2-7-17(21,11-4-3-8-22-15(11)24)16(25)23-9-10-5-6-12(19)13(18)14(10)20/h3-6,8H,2,7,9H2,1H3,(H,22,24)(H,23,25)/t17-/m0/s1. The zero-order valence-corrected chi connectivity index (χ0v) is 14.1. The predicted octanol–water partition coefficient (Wildman–Crippen LogP) is 4.00. The monoisotopic (exact) mass is 372 g/mol. The Bertz CT molecular complexity index is 788. The van der Waals surface area contributed by atoms with E-state index in [-0.39, 0.29) is 24.1 Å². The van der Waals surface area contributed by atoms with E-state index in [0.29, 0.717) is 6.42 Å². The van der Waals surface area contributed by atoms with E-state index in [2.05, 4.69) is 10.3 Å². The van der Waals surface area contributed by atoms with Crippen molar-refractivity contribution in [3.8, 4) is 5.88 Å². The molecule has 1 atom stereocenters. The molecule has 2 N–H and O–H groups in total. The molecule has 1 amide bonds. The van der Waals surface area contributed by atoms with Crippen LogP contribution in [0, 0.1) is 11.6 Å². The summed E-state index contributed by atoms with van der Waals surface area (Å²) in [7, 11) is 0. The molecule has 134 valence electrons. The molecule has 0 aliphatic rings. The Labute approximate surface area is 147 Å². The van der Waals surface area contributed by atoms with Crippen molar-refractivity contribution in [3.05, 3.63) is 58.2 Å². The van der Waals surface area contributed by atoms with E-state index in [1.54, 1.807) is 6.92 Å². The number of carbonyl (C=O) groups excluding carboxylic acids is 1. The van der Waals surface area contributed by atoms with E-state index in [9.17, 15) is 18.7 Å². The van der Waals surface area contributed by atoms with Crippen LogP contribution in [-0.2, 0) is 17.0 Å². The van der Waals surface area contributed by atoms with Crippen LogP contribution in [0.15, 0.2) is 30.5 Å². The molecule has 25 heavy (non-hydrogen) atoms. The number of alkyl halides is 1. The van der Waals surface area contributed by atoms with E-state index >= 15 is 4.39 Å². The Morgan fingerprint density at radius 3 is 2.72 bits per heavy atom. The predicted molar refractivity (Wildman–Crippen MR) is 86.8 cm³/mol. The molecule has 2 rings (SSSR count). The smallest absolute Gasteiger partial charge is 0.262 e. The summed E-state index contributed by atoms with van der Waals surface area (Å²) in [6.07, 6.45) is 1.37. The number of rotatable bonds is 6. The van der Waals surface area contributed by atoms with Gasteiger partial charge in [-0.15, -0.1) is 0 Å². The second-order valence-electron chi connectivity index (χ2n) is 5.44. The summed E-state index contributed by atoms with van der Waals surface area (Å²) in [5.41, 5.74) is -2.89. The van der Waals surface area contributed by atoms with Gasteiger partial charge in [0.1, 0.15) is 16.7 Å². The first kappa shape index (κ1) is 19.1. The molecule has 8 heteroatoms. The minimum atomic E-state index is -2.53. The molecule has 0 spiro atoms. The van der Waals surface area contributed by atoms with Crippen LogP contribution in [0.2, 0.25) is 5.02 Å². The van der Waals surface area contributed by atoms with Crippen LogP contribution in [0.3, 0.4) is 0 Å². The second-order valence-corrected chi connectivity index (χ2v) is 5.82. The summed E-state index contributed by atoms with van der Waals surface area (Å²) in [5, 5.41) is 11.3. The topological polar surface area (TPSA) is 62.2 Å². The second kappa shape index (κ2) is 7.74. The minimum absolute atomic E-state index is 0.0889. The minimum Gasteiger partial charge on any atom is -0.493 e. The van der Waals surface area contributed by atoms with Crippen LogP contribution in [-0.4, -0.2) is 16.0 Å². The van der Waals surface area contributed by atoms with Crippen molar-refractivity contribution in [1.82, 2.24) is 10.3 Å². The lowest BCUT2D eigenvalue weighted by Crippen LogP contribution is -2.41. The van der Waals surface area contributed by atoms with Gasteiger partial charge in [0, 0.05) is 18.3 Å². The van der Waals surface area contributed by atoms with E-state index in [0.717, 1.165) is 12.1 Å². The number of aromatic hydroxyl groups is 1. The van der Waals surface area contributed by atoms with Crippen molar-refractivity contribution in [2.24, 2.45) is 0 Å². The fourth-order valence-electron chi connectivity index (χ4n) is 2.44. The molecule has 2 aromatic rings. The maximum Gasteiger partial charge on any atom is 0.262 e. The number of pyridine rings is 1. The molecule has 0 bridgehead atoms. The largest absolute Gasteiger partial charge is 0.493 e. The molecule has 0 saturated heterocycles. The van der Waals surface area contributed by atoms with Gasteiger partial charge < -0.3 is 10.4 Å². The molecule has 1 heterocycles. The first-order valence-corrected chi connectivity index (χ1v) is 7.93. The zero-order valence-electron chi connectivity index (χ0n) is 13.3. The molecule has 0 aliphatic heterocycles. The molecular formula is C17H16ClF3N2O2. The van der Waals surface area contributed by atoms with E-state index in [1.165, 1.54) is 18.3 Å². The Kier molecular flexibility index (Phi) is 5.89. The molecule has 4 nitrogen and oxygen atoms in total. The summed E-state index contributed by atoms with van der Waals surface area (Å²) in [6.45, 7) is 1.29. The fourth-order valence-corrected chi connectivity index (χ4v) is 2.62. The van der Waals surface area contributed by atoms with Crippen LogP contribution >= 0.6 is 11.6 Å². The fraction of sp³-hybridized carbons (Fsp3) is 0.294. The third-order valence-corrected chi connectivity index (χ3v) is 4.07.